The summed E-state index contributed by atoms with van der Waals surface area (Å²) >= 11 is 12.2. The summed E-state index contributed by atoms with van der Waals surface area (Å²) in [5.74, 6) is -0.963. The van der Waals surface area contributed by atoms with Crippen LogP contribution in [0.25, 0.3) is 11.0 Å². The Kier molecular flexibility index (Phi) is 5.11. The van der Waals surface area contributed by atoms with Gasteiger partial charge in [0.05, 0.1) is 27.0 Å². The van der Waals surface area contributed by atoms with Gasteiger partial charge in [0, 0.05) is 13.1 Å². The van der Waals surface area contributed by atoms with Crippen LogP contribution in [0.4, 0.5) is 4.39 Å². The van der Waals surface area contributed by atoms with Gasteiger partial charge in [-0.25, -0.2) is 4.39 Å². The van der Waals surface area contributed by atoms with Crippen molar-refractivity contribution in [1.29, 1.82) is 0 Å². The highest BCUT2D eigenvalue weighted by Gasteiger charge is 2.42. The molecular formula is C21H17Cl2FN2O3. The highest BCUT2D eigenvalue weighted by atomic mass is 35.5. The Bertz CT molecular complexity index is 1190. The van der Waals surface area contributed by atoms with E-state index in [0.29, 0.717) is 28.7 Å². The van der Waals surface area contributed by atoms with Crippen molar-refractivity contribution in [3.63, 3.8) is 0 Å². The number of carbonyl (C=O) groups excluding carboxylic acids is 1. The summed E-state index contributed by atoms with van der Waals surface area (Å²) in [6.07, 6.45) is 0. The fourth-order valence-corrected chi connectivity index (χ4v) is 3.87. The molecule has 2 heterocycles. The minimum atomic E-state index is -0.698. The first-order chi connectivity index (χ1) is 13.8. The number of nitrogens with zero attached hydrogens (tertiary/aromatic N) is 2. The van der Waals surface area contributed by atoms with Gasteiger partial charge in [-0.1, -0.05) is 29.3 Å². The van der Waals surface area contributed by atoms with E-state index in [2.05, 4.69) is 0 Å². The first kappa shape index (κ1) is 19.9. The van der Waals surface area contributed by atoms with Crippen LogP contribution in [0.2, 0.25) is 10.0 Å². The second-order valence-corrected chi connectivity index (χ2v) is 8.01. The van der Waals surface area contributed by atoms with Gasteiger partial charge in [-0.05, 0) is 50.0 Å². The highest BCUT2D eigenvalue weighted by Crippen LogP contribution is 2.39. The van der Waals surface area contributed by atoms with Gasteiger partial charge in [-0.2, -0.15) is 0 Å². The van der Waals surface area contributed by atoms with Crippen LogP contribution in [0.1, 0.15) is 27.7 Å². The SMILES string of the molecule is CN(C)CCN1C(=O)c2oc3ccc(F)cc3c(=O)c2[C@H]1c1ccc(Cl)c(Cl)c1. The molecule has 5 nitrogen and oxygen atoms in total. The number of likely N-dealkylation sites (N-methyl/N-ethyl adjacent to an activating group) is 1. The number of halogens is 3. The minimum Gasteiger partial charge on any atom is -0.450 e. The van der Waals surface area contributed by atoms with Crippen LogP contribution in [0, 0.1) is 5.82 Å². The molecule has 0 unspecified atom stereocenters. The molecule has 1 amide bonds. The summed E-state index contributed by atoms with van der Waals surface area (Å²) in [7, 11) is 3.78. The molecule has 0 radical (unpaired) electrons. The molecule has 0 saturated carbocycles. The number of amides is 1. The van der Waals surface area contributed by atoms with Gasteiger partial charge >= 0.3 is 0 Å². The van der Waals surface area contributed by atoms with Crippen molar-refractivity contribution in [3.8, 4) is 0 Å². The fraction of sp³-hybridized carbons (Fsp3) is 0.238. The van der Waals surface area contributed by atoms with Crippen molar-refractivity contribution >= 4 is 40.1 Å². The normalized spacial score (nSPS) is 16.1. The van der Waals surface area contributed by atoms with Crippen LogP contribution >= 0.6 is 23.2 Å². The lowest BCUT2D eigenvalue weighted by atomic mass is 9.98. The topological polar surface area (TPSA) is 53.8 Å². The molecule has 4 rings (SSSR count). The van der Waals surface area contributed by atoms with Gasteiger partial charge < -0.3 is 14.2 Å². The number of benzene rings is 2. The number of carbonyl (C=O) groups is 1. The average Bonchev–Trinajstić information content (AvgIpc) is 2.95. The molecule has 29 heavy (non-hydrogen) atoms. The van der Waals surface area contributed by atoms with E-state index in [0.717, 1.165) is 6.07 Å². The van der Waals surface area contributed by atoms with Gasteiger partial charge in [-0.3, -0.25) is 9.59 Å². The number of hydrogen-bond donors (Lipinski definition) is 0. The quantitative estimate of drug-likeness (QED) is 0.612. The predicted octanol–water partition coefficient (Wildman–Crippen LogP) is 4.35. The Hall–Kier alpha value is -2.41. The molecule has 1 atom stereocenters. The predicted molar refractivity (Wildman–Crippen MR) is 110 cm³/mol. The van der Waals surface area contributed by atoms with Crippen LogP contribution in [-0.4, -0.2) is 42.9 Å². The summed E-state index contributed by atoms with van der Waals surface area (Å²) in [4.78, 5) is 29.9. The van der Waals surface area contributed by atoms with Crippen LogP contribution < -0.4 is 5.43 Å². The monoisotopic (exact) mass is 434 g/mol. The van der Waals surface area contributed by atoms with Gasteiger partial charge in [0.2, 0.25) is 5.76 Å². The van der Waals surface area contributed by atoms with Gasteiger partial charge in [0.1, 0.15) is 11.4 Å². The van der Waals surface area contributed by atoms with E-state index in [9.17, 15) is 14.0 Å². The lowest BCUT2D eigenvalue weighted by molar-refractivity contribution is 0.0716. The molecule has 0 spiro atoms. The third kappa shape index (κ3) is 3.41. The van der Waals surface area contributed by atoms with Crippen molar-refractivity contribution < 1.29 is 13.6 Å². The van der Waals surface area contributed by atoms with Crippen molar-refractivity contribution in [3.05, 3.63) is 79.4 Å². The standard InChI is InChI=1S/C21H17Cl2FN2O3/c1-25(2)7-8-26-18(11-3-5-14(22)15(23)9-11)17-19(27)13-10-12(24)4-6-16(13)29-20(17)21(26)28/h3-6,9-10,18H,7-8H2,1-2H3/t18-/m1/s1. The molecule has 150 valence electrons. The smallest absolute Gasteiger partial charge is 0.290 e. The Balaban J connectivity index is 1.96. The molecule has 0 N–H and O–H groups in total. The first-order valence-corrected chi connectivity index (χ1v) is 9.70. The van der Waals surface area contributed by atoms with Gasteiger partial charge in [0.25, 0.3) is 5.91 Å². The van der Waals surface area contributed by atoms with Crippen molar-refractivity contribution in [2.75, 3.05) is 27.2 Å². The third-order valence-corrected chi connectivity index (χ3v) is 5.71. The molecule has 8 heteroatoms. The lowest BCUT2D eigenvalue weighted by Crippen LogP contribution is -2.35. The Morgan fingerprint density at radius 1 is 1.10 bits per heavy atom. The average molecular weight is 435 g/mol. The van der Waals surface area contributed by atoms with E-state index in [1.165, 1.54) is 12.1 Å². The molecule has 1 aliphatic rings. The van der Waals surface area contributed by atoms with Crippen LogP contribution in [0.15, 0.2) is 45.6 Å². The van der Waals surface area contributed by atoms with E-state index >= 15 is 0 Å². The minimum absolute atomic E-state index is 0.0241. The Morgan fingerprint density at radius 3 is 2.55 bits per heavy atom. The van der Waals surface area contributed by atoms with E-state index in [1.54, 1.807) is 23.1 Å². The Labute approximate surface area is 176 Å². The molecule has 0 saturated heterocycles. The molecule has 0 aliphatic carbocycles. The molecule has 1 aliphatic heterocycles. The number of hydrogen-bond acceptors (Lipinski definition) is 4. The van der Waals surface area contributed by atoms with Crippen molar-refractivity contribution in [1.82, 2.24) is 9.80 Å². The zero-order valence-corrected chi connectivity index (χ0v) is 17.2. The zero-order chi connectivity index (χ0) is 20.9. The molecule has 3 aromatic rings. The molecule has 1 aromatic heterocycles. The second kappa shape index (κ2) is 7.44. The number of fused-ring (bicyclic) bond motifs is 2. The van der Waals surface area contributed by atoms with Crippen LogP contribution in [-0.2, 0) is 0 Å². The number of rotatable bonds is 4. The fourth-order valence-electron chi connectivity index (χ4n) is 3.56. The zero-order valence-electron chi connectivity index (χ0n) is 15.7. The van der Waals surface area contributed by atoms with E-state index in [-0.39, 0.29) is 28.2 Å². The molecule has 0 fully saturated rings. The largest absolute Gasteiger partial charge is 0.450 e. The van der Waals surface area contributed by atoms with Crippen LogP contribution in [0.3, 0.4) is 0 Å². The van der Waals surface area contributed by atoms with E-state index in [4.69, 9.17) is 27.6 Å². The lowest BCUT2D eigenvalue weighted by Gasteiger charge is -2.26. The van der Waals surface area contributed by atoms with Gasteiger partial charge in [-0.15, -0.1) is 0 Å². The first-order valence-electron chi connectivity index (χ1n) is 8.95. The molecule has 2 aromatic carbocycles. The summed E-state index contributed by atoms with van der Waals surface area (Å²) in [6, 6.07) is 7.95. The van der Waals surface area contributed by atoms with Crippen LogP contribution in [0.5, 0.6) is 0 Å². The maximum atomic E-state index is 13.8. The van der Waals surface area contributed by atoms with E-state index in [1.807, 2.05) is 19.0 Å². The van der Waals surface area contributed by atoms with Gasteiger partial charge in [0.15, 0.2) is 5.43 Å². The maximum absolute atomic E-state index is 13.8. The molecule has 0 bridgehead atoms. The third-order valence-electron chi connectivity index (χ3n) is 4.98. The van der Waals surface area contributed by atoms with Crippen molar-refractivity contribution in [2.45, 2.75) is 6.04 Å². The summed E-state index contributed by atoms with van der Waals surface area (Å²) in [5, 5.41) is 0.775. The summed E-state index contributed by atoms with van der Waals surface area (Å²) in [6.45, 7) is 0.949. The molecular weight excluding hydrogens is 418 g/mol. The Morgan fingerprint density at radius 2 is 1.86 bits per heavy atom. The summed E-state index contributed by atoms with van der Waals surface area (Å²) in [5.41, 5.74) is 0.557. The van der Waals surface area contributed by atoms with Crippen molar-refractivity contribution in [2.24, 2.45) is 0 Å². The second-order valence-electron chi connectivity index (χ2n) is 7.19. The maximum Gasteiger partial charge on any atom is 0.290 e. The highest BCUT2D eigenvalue weighted by molar-refractivity contribution is 6.42. The summed E-state index contributed by atoms with van der Waals surface area (Å²) < 4.78 is 19.5. The van der Waals surface area contributed by atoms with E-state index < -0.39 is 17.3 Å².